The average molecular weight is 522 g/mol. The van der Waals surface area contributed by atoms with Crippen molar-refractivity contribution in [3.8, 4) is 5.75 Å². The highest BCUT2D eigenvalue weighted by atomic mass is 16.5. The van der Waals surface area contributed by atoms with Crippen molar-refractivity contribution >= 4 is 0 Å². The fourth-order valence-electron chi connectivity index (χ4n) is 5.31. The van der Waals surface area contributed by atoms with Gasteiger partial charge in [-0.2, -0.15) is 0 Å². The van der Waals surface area contributed by atoms with E-state index in [0.717, 1.165) is 54.9 Å². The SMILES string of the molecule is CC(C)(C)Oc1ccc(COCC[N+](C)(C)Cc2cnc([C@](O)(c3ccccc3)C3CCCCC3)o2)cc1. The third kappa shape index (κ3) is 7.46. The van der Waals surface area contributed by atoms with Crippen LogP contribution in [0.1, 0.15) is 75.7 Å². The van der Waals surface area contributed by atoms with Crippen LogP contribution in [0.5, 0.6) is 5.75 Å². The number of oxazole rings is 1. The number of aliphatic hydroxyl groups is 1. The molecule has 0 saturated heterocycles. The van der Waals surface area contributed by atoms with E-state index >= 15 is 0 Å². The van der Waals surface area contributed by atoms with E-state index in [9.17, 15) is 5.11 Å². The maximum Gasteiger partial charge on any atom is 0.231 e. The van der Waals surface area contributed by atoms with Gasteiger partial charge in [-0.25, -0.2) is 4.98 Å². The highest BCUT2D eigenvalue weighted by Gasteiger charge is 2.44. The number of hydrogen-bond acceptors (Lipinski definition) is 5. The first kappa shape index (κ1) is 28.3. The third-order valence-electron chi connectivity index (χ3n) is 7.33. The summed E-state index contributed by atoms with van der Waals surface area (Å²) in [6.45, 7) is 8.83. The lowest BCUT2D eigenvalue weighted by Crippen LogP contribution is -2.41. The van der Waals surface area contributed by atoms with Crippen LogP contribution < -0.4 is 4.74 Å². The Kier molecular flexibility index (Phi) is 8.96. The molecule has 0 spiro atoms. The van der Waals surface area contributed by atoms with E-state index in [1.54, 1.807) is 6.20 Å². The molecule has 3 aromatic rings. The van der Waals surface area contributed by atoms with Gasteiger partial charge in [-0.1, -0.05) is 61.7 Å². The lowest BCUT2D eigenvalue weighted by molar-refractivity contribution is -0.905. The molecule has 1 aromatic heterocycles. The second-order valence-corrected chi connectivity index (χ2v) is 12.3. The van der Waals surface area contributed by atoms with Crippen LogP contribution in [-0.4, -0.2) is 47.4 Å². The third-order valence-corrected chi connectivity index (χ3v) is 7.33. The first-order valence-electron chi connectivity index (χ1n) is 14.0. The Morgan fingerprint density at radius 1 is 0.974 bits per heavy atom. The summed E-state index contributed by atoms with van der Waals surface area (Å²) in [6.07, 6.45) is 7.23. The molecule has 1 saturated carbocycles. The summed E-state index contributed by atoms with van der Waals surface area (Å²) in [5.74, 6) is 2.17. The predicted molar refractivity (Wildman–Crippen MR) is 150 cm³/mol. The van der Waals surface area contributed by atoms with E-state index in [1.165, 1.54) is 6.42 Å². The molecule has 1 aliphatic carbocycles. The van der Waals surface area contributed by atoms with Crippen molar-refractivity contribution < 1.29 is 23.5 Å². The first-order valence-corrected chi connectivity index (χ1v) is 14.0. The number of quaternary nitrogens is 1. The molecule has 4 rings (SSSR count). The monoisotopic (exact) mass is 521 g/mol. The van der Waals surface area contributed by atoms with Crippen LogP contribution >= 0.6 is 0 Å². The highest BCUT2D eigenvalue weighted by Crippen LogP contribution is 2.43. The van der Waals surface area contributed by atoms with E-state index in [4.69, 9.17) is 13.9 Å². The molecular weight excluding hydrogens is 476 g/mol. The van der Waals surface area contributed by atoms with Gasteiger partial charge in [0.2, 0.25) is 5.89 Å². The zero-order chi connectivity index (χ0) is 27.2. The average Bonchev–Trinajstić information content (AvgIpc) is 3.35. The van der Waals surface area contributed by atoms with Gasteiger partial charge in [0.1, 0.15) is 24.4 Å². The molecule has 2 aromatic carbocycles. The molecule has 1 heterocycles. The molecule has 6 heteroatoms. The molecule has 1 fully saturated rings. The van der Waals surface area contributed by atoms with Crippen molar-refractivity contribution in [1.82, 2.24) is 4.98 Å². The lowest BCUT2D eigenvalue weighted by atomic mass is 9.73. The summed E-state index contributed by atoms with van der Waals surface area (Å²) in [7, 11) is 4.32. The van der Waals surface area contributed by atoms with Crippen LogP contribution in [0.2, 0.25) is 0 Å². The standard InChI is InChI=1S/C32H45N2O4/c1-31(2,3)38-28-18-16-25(17-19-28)24-36-21-20-34(4,5)23-29-22-33-30(37-29)32(35,26-12-8-6-9-13-26)27-14-10-7-11-15-27/h6,8-9,12-13,16-19,22,27,35H,7,10-11,14-15,20-21,23-24H2,1-5H3/q+1/t32-/m0/s1. The maximum atomic E-state index is 12.1. The summed E-state index contributed by atoms with van der Waals surface area (Å²) >= 11 is 0. The van der Waals surface area contributed by atoms with Gasteiger partial charge in [-0.05, 0) is 56.9 Å². The number of benzene rings is 2. The van der Waals surface area contributed by atoms with Crippen molar-refractivity contribution in [1.29, 1.82) is 0 Å². The Bertz CT molecular complexity index is 1130. The topological polar surface area (TPSA) is 64.7 Å². The van der Waals surface area contributed by atoms with Gasteiger partial charge >= 0.3 is 0 Å². The fraction of sp³-hybridized carbons (Fsp3) is 0.531. The minimum absolute atomic E-state index is 0.107. The lowest BCUT2D eigenvalue weighted by Gasteiger charge is -2.36. The Balaban J connectivity index is 1.34. The number of hydrogen-bond donors (Lipinski definition) is 1. The Hall–Kier alpha value is -2.67. The van der Waals surface area contributed by atoms with Crippen molar-refractivity contribution in [3.63, 3.8) is 0 Å². The number of aromatic nitrogens is 1. The van der Waals surface area contributed by atoms with Crippen LogP contribution in [-0.2, 0) is 23.5 Å². The quantitative estimate of drug-likeness (QED) is 0.232. The van der Waals surface area contributed by atoms with Gasteiger partial charge in [0.25, 0.3) is 0 Å². The number of nitrogens with zero attached hydrogens (tertiary/aromatic N) is 2. The van der Waals surface area contributed by atoms with Crippen LogP contribution in [0, 0.1) is 5.92 Å². The number of ether oxygens (including phenoxy) is 2. The molecule has 206 valence electrons. The van der Waals surface area contributed by atoms with Crippen LogP contribution in [0.25, 0.3) is 0 Å². The van der Waals surface area contributed by atoms with Crippen LogP contribution in [0.4, 0.5) is 0 Å². The van der Waals surface area contributed by atoms with E-state index in [-0.39, 0.29) is 11.5 Å². The maximum absolute atomic E-state index is 12.1. The van der Waals surface area contributed by atoms with Gasteiger partial charge in [-0.15, -0.1) is 0 Å². The van der Waals surface area contributed by atoms with Crippen LogP contribution in [0.3, 0.4) is 0 Å². The fourth-order valence-corrected chi connectivity index (χ4v) is 5.31. The molecule has 1 aliphatic rings. The van der Waals surface area contributed by atoms with Crippen molar-refractivity contribution in [2.45, 2.75) is 77.2 Å². The van der Waals surface area contributed by atoms with Crippen molar-refractivity contribution in [3.05, 3.63) is 83.6 Å². The van der Waals surface area contributed by atoms with Gasteiger partial charge < -0.3 is 23.5 Å². The largest absolute Gasteiger partial charge is 0.488 e. The van der Waals surface area contributed by atoms with Crippen LogP contribution in [0.15, 0.2) is 65.2 Å². The van der Waals surface area contributed by atoms with E-state index in [2.05, 4.69) is 31.2 Å². The van der Waals surface area contributed by atoms with E-state index in [1.807, 2.05) is 63.2 Å². The summed E-state index contributed by atoms with van der Waals surface area (Å²) < 4.78 is 18.9. The summed E-state index contributed by atoms with van der Waals surface area (Å²) in [5.41, 5.74) is 0.579. The second kappa shape index (κ2) is 12.0. The smallest absolute Gasteiger partial charge is 0.231 e. The van der Waals surface area contributed by atoms with Crippen molar-refractivity contribution in [2.75, 3.05) is 27.2 Å². The molecule has 1 atom stereocenters. The zero-order valence-corrected chi connectivity index (χ0v) is 23.8. The Morgan fingerprint density at radius 3 is 2.32 bits per heavy atom. The zero-order valence-electron chi connectivity index (χ0n) is 23.8. The molecule has 0 unspecified atom stereocenters. The molecule has 0 radical (unpaired) electrons. The highest BCUT2D eigenvalue weighted by molar-refractivity contribution is 5.30. The van der Waals surface area contributed by atoms with Gasteiger partial charge in [-0.3, -0.25) is 0 Å². The van der Waals surface area contributed by atoms with E-state index in [0.29, 0.717) is 30.1 Å². The Morgan fingerprint density at radius 2 is 1.66 bits per heavy atom. The van der Waals surface area contributed by atoms with Gasteiger partial charge in [0.05, 0.1) is 33.5 Å². The summed E-state index contributed by atoms with van der Waals surface area (Å²) in [6, 6.07) is 18.0. The van der Waals surface area contributed by atoms with Gasteiger partial charge in [0.15, 0.2) is 11.4 Å². The predicted octanol–water partition coefficient (Wildman–Crippen LogP) is 6.46. The van der Waals surface area contributed by atoms with Crippen molar-refractivity contribution in [2.24, 2.45) is 5.92 Å². The number of rotatable bonds is 11. The summed E-state index contributed by atoms with van der Waals surface area (Å²) in [5, 5.41) is 12.1. The molecule has 6 nitrogen and oxygen atoms in total. The minimum Gasteiger partial charge on any atom is -0.488 e. The van der Waals surface area contributed by atoms with Gasteiger partial charge in [0, 0.05) is 5.92 Å². The molecular formula is C32H45N2O4+. The molecule has 0 aliphatic heterocycles. The molecule has 0 bridgehead atoms. The first-order chi connectivity index (χ1) is 18.1. The normalized spacial score (nSPS) is 16.8. The molecule has 1 N–H and O–H groups in total. The minimum atomic E-state index is -1.20. The molecule has 0 amide bonds. The Labute approximate surface area is 228 Å². The van der Waals surface area contributed by atoms with E-state index < -0.39 is 5.60 Å². The number of likely N-dealkylation sites (N-methyl/N-ethyl adjacent to an activating group) is 1. The summed E-state index contributed by atoms with van der Waals surface area (Å²) in [4.78, 5) is 4.62. The second-order valence-electron chi connectivity index (χ2n) is 12.3. The molecule has 38 heavy (non-hydrogen) atoms.